The molecule has 13 heteroatoms. The van der Waals surface area contributed by atoms with Gasteiger partial charge in [-0.2, -0.15) is 4.72 Å². The SMILES string of the molecule is C[C@H](NS(=O)(=O)c1ccc(Cl)cc1)C(=O)Nc1cc(S(=O)(=O)Nc2ccc(Cl)cc2)ccc1N1CCCC1. The van der Waals surface area contributed by atoms with Gasteiger partial charge in [-0.25, -0.2) is 16.8 Å². The molecule has 1 amide bonds. The number of sulfonamides is 2. The summed E-state index contributed by atoms with van der Waals surface area (Å²) in [5.41, 5.74) is 1.23. The quantitative estimate of drug-likeness (QED) is 0.329. The summed E-state index contributed by atoms with van der Waals surface area (Å²) in [5, 5.41) is 3.56. The molecule has 0 spiro atoms. The number of hydrogen-bond acceptors (Lipinski definition) is 6. The van der Waals surface area contributed by atoms with E-state index in [1.54, 1.807) is 18.2 Å². The molecule has 3 N–H and O–H groups in total. The minimum absolute atomic E-state index is 0.0410. The summed E-state index contributed by atoms with van der Waals surface area (Å²) in [4.78, 5) is 15.0. The summed E-state index contributed by atoms with van der Waals surface area (Å²) in [6.45, 7) is 2.90. The number of nitrogens with zero attached hydrogens (tertiary/aromatic N) is 1. The largest absolute Gasteiger partial charge is 0.370 e. The van der Waals surface area contributed by atoms with Gasteiger partial charge in [0, 0.05) is 28.8 Å². The molecule has 3 aromatic carbocycles. The number of nitrogens with one attached hydrogen (secondary N) is 3. The van der Waals surface area contributed by atoms with Crippen molar-refractivity contribution >= 4 is 66.2 Å². The number of carbonyl (C=O) groups is 1. The topological polar surface area (TPSA) is 125 Å². The number of rotatable bonds is 9. The van der Waals surface area contributed by atoms with Crippen LogP contribution >= 0.6 is 23.2 Å². The zero-order valence-corrected chi connectivity index (χ0v) is 23.5. The second-order valence-corrected chi connectivity index (χ2v) is 13.0. The average Bonchev–Trinajstić information content (AvgIpc) is 3.40. The Bertz CT molecular complexity index is 1520. The Labute approximate surface area is 232 Å². The number of benzene rings is 3. The fourth-order valence-electron chi connectivity index (χ4n) is 3.96. The molecular formula is C25H26Cl2N4O5S2. The predicted molar refractivity (Wildman–Crippen MR) is 150 cm³/mol. The molecule has 1 aliphatic rings. The third-order valence-corrected chi connectivity index (χ3v) is 9.37. The number of carbonyl (C=O) groups excluding carboxylic acids is 1. The molecule has 0 saturated carbocycles. The first-order valence-corrected chi connectivity index (χ1v) is 15.4. The molecule has 0 aromatic heterocycles. The van der Waals surface area contributed by atoms with E-state index in [0.29, 0.717) is 21.4 Å². The molecule has 1 heterocycles. The van der Waals surface area contributed by atoms with Gasteiger partial charge >= 0.3 is 0 Å². The summed E-state index contributed by atoms with van der Waals surface area (Å²) >= 11 is 11.7. The maximum Gasteiger partial charge on any atom is 0.261 e. The second kappa shape index (κ2) is 11.5. The van der Waals surface area contributed by atoms with Gasteiger partial charge in [0.25, 0.3) is 10.0 Å². The van der Waals surface area contributed by atoms with E-state index < -0.39 is 32.0 Å². The molecule has 4 rings (SSSR count). The van der Waals surface area contributed by atoms with Crippen molar-refractivity contribution in [3.05, 3.63) is 76.8 Å². The monoisotopic (exact) mass is 596 g/mol. The van der Waals surface area contributed by atoms with Crippen LogP contribution in [0.3, 0.4) is 0 Å². The van der Waals surface area contributed by atoms with Gasteiger partial charge in [-0.05, 0) is 86.5 Å². The molecule has 1 atom stereocenters. The van der Waals surface area contributed by atoms with Crippen molar-refractivity contribution in [3.63, 3.8) is 0 Å². The van der Waals surface area contributed by atoms with E-state index in [1.807, 2.05) is 4.90 Å². The molecule has 3 aromatic rings. The van der Waals surface area contributed by atoms with Crippen molar-refractivity contribution < 1.29 is 21.6 Å². The minimum atomic E-state index is -4.00. The van der Waals surface area contributed by atoms with Gasteiger partial charge in [0.15, 0.2) is 0 Å². The molecule has 1 saturated heterocycles. The van der Waals surface area contributed by atoms with E-state index in [9.17, 15) is 21.6 Å². The van der Waals surface area contributed by atoms with Crippen LogP contribution in [0, 0.1) is 0 Å². The van der Waals surface area contributed by atoms with Gasteiger partial charge in [-0.3, -0.25) is 9.52 Å². The molecule has 38 heavy (non-hydrogen) atoms. The van der Waals surface area contributed by atoms with E-state index >= 15 is 0 Å². The zero-order chi connectivity index (χ0) is 27.5. The third-order valence-electron chi connectivity index (χ3n) is 5.93. The van der Waals surface area contributed by atoms with Crippen LogP contribution in [0.1, 0.15) is 19.8 Å². The van der Waals surface area contributed by atoms with Gasteiger partial charge in [0.1, 0.15) is 0 Å². The highest BCUT2D eigenvalue weighted by molar-refractivity contribution is 7.92. The van der Waals surface area contributed by atoms with Crippen LogP contribution in [0.5, 0.6) is 0 Å². The number of hydrogen-bond donors (Lipinski definition) is 3. The maximum atomic E-state index is 13.1. The zero-order valence-electron chi connectivity index (χ0n) is 20.3. The predicted octanol–water partition coefficient (Wildman–Crippen LogP) is 4.70. The second-order valence-electron chi connectivity index (χ2n) is 8.77. The molecule has 1 fully saturated rings. The lowest BCUT2D eigenvalue weighted by Gasteiger charge is -2.23. The first kappa shape index (κ1) is 28.2. The lowest BCUT2D eigenvalue weighted by molar-refractivity contribution is -0.117. The Hall–Kier alpha value is -2.83. The van der Waals surface area contributed by atoms with Gasteiger partial charge in [-0.1, -0.05) is 23.2 Å². The molecule has 0 radical (unpaired) electrons. The average molecular weight is 598 g/mol. The summed E-state index contributed by atoms with van der Waals surface area (Å²) in [7, 11) is -8.00. The Kier molecular flexibility index (Phi) is 8.53. The van der Waals surface area contributed by atoms with Gasteiger partial charge in [0.05, 0.1) is 27.2 Å². The van der Waals surface area contributed by atoms with E-state index in [-0.39, 0.29) is 15.5 Å². The van der Waals surface area contributed by atoms with Crippen LogP contribution in [-0.4, -0.2) is 41.9 Å². The first-order valence-electron chi connectivity index (χ1n) is 11.7. The first-order chi connectivity index (χ1) is 17.9. The molecule has 1 aliphatic heterocycles. The summed E-state index contributed by atoms with van der Waals surface area (Å²) < 4.78 is 56.5. The highest BCUT2D eigenvalue weighted by Gasteiger charge is 2.25. The number of halogens is 2. The third kappa shape index (κ3) is 6.78. The Balaban J connectivity index is 1.58. The van der Waals surface area contributed by atoms with Crippen molar-refractivity contribution in [2.24, 2.45) is 0 Å². The lowest BCUT2D eigenvalue weighted by atomic mass is 10.2. The van der Waals surface area contributed by atoms with E-state index in [4.69, 9.17) is 23.2 Å². The maximum absolute atomic E-state index is 13.1. The van der Waals surface area contributed by atoms with Crippen LogP contribution in [0.4, 0.5) is 17.1 Å². The van der Waals surface area contributed by atoms with Crippen LogP contribution in [0.15, 0.2) is 76.5 Å². The minimum Gasteiger partial charge on any atom is -0.370 e. The fraction of sp³-hybridized carbons (Fsp3) is 0.240. The van der Waals surface area contributed by atoms with Gasteiger partial charge < -0.3 is 10.2 Å². The highest BCUT2D eigenvalue weighted by atomic mass is 35.5. The summed E-state index contributed by atoms with van der Waals surface area (Å²) in [6.07, 6.45) is 1.92. The van der Waals surface area contributed by atoms with E-state index in [2.05, 4.69) is 14.8 Å². The molecule has 0 unspecified atom stereocenters. The van der Waals surface area contributed by atoms with Crippen molar-refractivity contribution in [2.75, 3.05) is 28.0 Å². The van der Waals surface area contributed by atoms with E-state index in [1.165, 1.54) is 55.5 Å². The van der Waals surface area contributed by atoms with Crippen LogP contribution in [0.25, 0.3) is 0 Å². The van der Waals surface area contributed by atoms with Crippen molar-refractivity contribution in [1.29, 1.82) is 0 Å². The molecule has 9 nitrogen and oxygen atoms in total. The van der Waals surface area contributed by atoms with E-state index in [0.717, 1.165) is 25.9 Å². The number of amides is 1. The smallest absolute Gasteiger partial charge is 0.261 e. The molecule has 0 bridgehead atoms. The lowest BCUT2D eigenvalue weighted by Crippen LogP contribution is -2.41. The van der Waals surface area contributed by atoms with Crippen LogP contribution < -0.4 is 19.7 Å². The van der Waals surface area contributed by atoms with Crippen molar-refractivity contribution in [1.82, 2.24) is 4.72 Å². The Morgan fingerprint density at radius 3 is 1.97 bits per heavy atom. The Morgan fingerprint density at radius 1 is 0.816 bits per heavy atom. The van der Waals surface area contributed by atoms with Crippen molar-refractivity contribution in [2.45, 2.75) is 35.6 Å². The highest BCUT2D eigenvalue weighted by Crippen LogP contribution is 2.32. The Morgan fingerprint density at radius 2 is 1.37 bits per heavy atom. The summed E-state index contributed by atoms with van der Waals surface area (Å²) in [6, 6.07) is 15.1. The van der Waals surface area contributed by atoms with Gasteiger partial charge in [0.2, 0.25) is 15.9 Å². The molecule has 202 valence electrons. The normalized spacial score (nSPS) is 14.8. The van der Waals surface area contributed by atoms with Gasteiger partial charge in [-0.15, -0.1) is 0 Å². The fourth-order valence-corrected chi connectivity index (χ4v) is 6.50. The molecular weight excluding hydrogens is 571 g/mol. The van der Waals surface area contributed by atoms with Crippen LogP contribution in [-0.2, 0) is 24.8 Å². The van der Waals surface area contributed by atoms with Crippen molar-refractivity contribution in [3.8, 4) is 0 Å². The standard InChI is InChI=1S/C25H26Cl2N4O5S2/c1-17(29-37(33,34)21-10-6-19(27)7-11-21)25(32)28-23-16-22(12-13-24(23)31-14-2-3-15-31)38(35,36)30-20-8-4-18(26)5-9-20/h4-13,16-17,29-30H,2-3,14-15H2,1H3,(H,28,32)/t17-/m0/s1. The summed E-state index contributed by atoms with van der Waals surface area (Å²) in [5.74, 6) is -0.650. The molecule has 0 aliphatic carbocycles. The van der Waals surface area contributed by atoms with Crippen LogP contribution in [0.2, 0.25) is 10.0 Å². The number of anilines is 3.